The van der Waals surface area contributed by atoms with E-state index in [1.807, 2.05) is 0 Å². The molecule has 0 bridgehead atoms. The van der Waals surface area contributed by atoms with Gasteiger partial charge >= 0.3 is 5.97 Å². The van der Waals surface area contributed by atoms with Crippen molar-refractivity contribution in [3.05, 3.63) is 12.2 Å². The van der Waals surface area contributed by atoms with Crippen LogP contribution >= 0.6 is 0 Å². The monoisotopic (exact) mass is 296 g/mol. The average Bonchev–Trinajstić information content (AvgIpc) is 2.48. The standard InChI is InChI=1S/C19H36O2/c1-3-5-7-8-9-10-11-12-13-14-15-16-17-19(20)21-18-6-4-2/h8-9H,3-7,10-18H2,1-2H3/b9-8+. The Bertz CT molecular complexity index is 246. The molecule has 2 nitrogen and oxygen atoms in total. The van der Waals surface area contributed by atoms with Crippen molar-refractivity contribution in [1.82, 2.24) is 0 Å². The van der Waals surface area contributed by atoms with Gasteiger partial charge in [-0.15, -0.1) is 0 Å². The van der Waals surface area contributed by atoms with E-state index in [2.05, 4.69) is 26.0 Å². The van der Waals surface area contributed by atoms with Gasteiger partial charge in [0.1, 0.15) is 0 Å². The first-order valence-corrected chi connectivity index (χ1v) is 9.11. The minimum atomic E-state index is -0.0133. The van der Waals surface area contributed by atoms with Crippen molar-refractivity contribution in [1.29, 1.82) is 0 Å². The van der Waals surface area contributed by atoms with Crippen molar-refractivity contribution in [3.63, 3.8) is 0 Å². The second-order valence-corrected chi connectivity index (χ2v) is 5.85. The number of unbranched alkanes of at least 4 members (excludes halogenated alkanes) is 9. The Kier molecular flexibility index (Phi) is 16.6. The molecule has 0 aliphatic rings. The second kappa shape index (κ2) is 17.3. The Labute approximate surface area is 132 Å². The summed E-state index contributed by atoms with van der Waals surface area (Å²) >= 11 is 0. The number of ether oxygens (including phenoxy) is 1. The topological polar surface area (TPSA) is 26.3 Å². The van der Waals surface area contributed by atoms with E-state index in [0.717, 1.165) is 25.7 Å². The van der Waals surface area contributed by atoms with Gasteiger partial charge in [-0.1, -0.05) is 70.9 Å². The number of esters is 1. The van der Waals surface area contributed by atoms with Gasteiger partial charge in [0, 0.05) is 6.42 Å². The molecule has 0 amide bonds. The van der Waals surface area contributed by atoms with Crippen LogP contribution < -0.4 is 0 Å². The molecule has 0 aliphatic carbocycles. The summed E-state index contributed by atoms with van der Waals surface area (Å²) in [6.45, 7) is 4.94. The number of hydrogen-bond acceptors (Lipinski definition) is 2. The summed E-state index contributed by atoms with van der Waals surface area (Å²) in [6, 6.07) is 0. The predicted octanol–water partition coefficient (Wildman–Crippen LogP) is 6.20. The Morgan fingerprint density at radius 1 is 0.762 bits per heavy atom. The molecule has 0 spiro atoms. The van der Waals surface area contributed by atoms with E-state index in [9.17, 15) is 4.79 Å². The Balaban J connectivity index is 3.15. The zero-order valence-electron chi connectivity index (χ0n) is 14.4. The molecule has 0 radical (unpaired) electrons. The van der Waals surface area contributed by atoms with E-state index in [-0.39, 0.29) is 5.97 Å². The number of allylic oxidation sites excluding steroid dienone is 2. The first-order valence-electron chi connectivity index (χ1n) is 9.11. The van der Waals surface area contributed by atoms with Crippen LogP contribution in [0, 0.1) is 0 Å². The number of carbonyl (C=O) groups is 1. The van der Waals surface area contributed by atoms with Crippen LogP contribution in [0.3, 0.4) is 0 Å². The van der Waals surface area contributed by atoms with Crippen LogP contribution in [0.25, 0.3) is 0 Å². The van der Waals surface area contributed by atoms with Gasteiger partial charge in [-0.05, 0) is 32.1 Å². The van der Waals surface area contributed by atoms with Crippen LogP contribution in [0.2, 0.25) is 0 Å². The maximum Gasteiger partial charge on any atom is 0.305 e. The molecule has 0 saturated heterocycles. The molecule has 0 atom stereocenters. The average molecular weight is 296 g/mol. The maximum absolute atomic E-state index is 11.4. The molecule has 0 unspecified atom stereocenters. The van der Waals surface area contributed by atoms with Gasteiger partial charge in [0.25, 0.3) is 0 Å². The van der Waals surface area contributed by atoms with Gasteiger partial charge in [0.2, 0.25) is 0 Å². The van der Waals surface area contributed by atoms with E-state index < -0.39 is 0 Å². The molecular formula is C19H36O2. The number of carbonyl (C=O) groups excluding carboxylic acids is 1. The predicted molar refractivity (Wildman–Crippen MR) is 91.5 cm³/mol. The maximum atomic E-state index is 11.4. The van der Waals surface area contributed by atoms with Crippen LogP contribution in [-0.4, -0.2) is 12.6 Å². The highest BCUT2D eigenvalue weighted by atomic mass is 16.5. The lowest BCUT2D eigenvalue weighted by Crippen LogP contribution is -2.05. The molecule has 0 N–H and O–H groups in total. The third-order valence-corrected chi connectivity index (χ3v) is 3.65. The molecule has 0 aliphatic heterocycles. The van der Waals surface area contributed by atoms with Crippen LogP contribution in [0.4, 0.5) is 0 Å². The molecule has 0 aromatic carbocycles. The van der Waals surface area contributed by atoms with Crippen molar-refractivity contribution in [2.24, 2.45) is 0 Å². The summed E-state index contributed by atoms with van der Waals surface area (Å²) < 4.78 is 5.14. The van der Waals surface area contributed by atoms with Gasteiger partial charge < -0.3 is 4.74 Å². The van der Waals surface area contributed by atoms with E-state index in [4.69, 9.17) is 4.74 Å². The molecule has 124 valence electrons. The first kappa shape index (κ1) is 20.2. The zero-order valence-corrected chi connectivity index (χ0v) is 14.4. The molecule has 0 aromatic heterocycles. The molecule has 0 heterocycles. The Morgan fingerprint density at radius 2 is 1.33 bits per heavy atom. The van der Waals surface area contributed by atoms with E-state index in [0.29, 0.717) is 13.0 Å². The molecular weight excluding hydrogens is 260 g/mol. The Morgan fingerprint density at radius 3 is 2.00 bits per heavy atom. The van der Waals surface area contributed by atoms with E-state index >= 15 is 0 Å². The molecule has 21 heavy (non-hydrogen) atoms. The summed E-state index contributed by atoms with van der Waals surface area (Å²) in [5.41, 5.74) is 0. The lowest BCUT2D eigenvalue weighted by atomic mass is 10.1. The smallest absolute Gasteiger partial charge is 0.305 e. The summed E-state index contributed by atoms with van der Waals surface area (Å²) in [6.07, 6.45) is 19.7. The third-order valence-electron chi connectivity index (χ3n) is 3.65. The fourth-order valence-corrected chi connectivity index (χ4v) is 2.20. The molecule has 0 saturated carbocycles. The Hall–Kier alpha value is -0.790. The van der Waals surface area contributed by atoms with Crippen molar-refractivity contribution in [3.8, 4) is 0 Å². The lowest BCUT2D eigenvalue weighted by molar-refractivity contribution is -0.143. The van der Waals surface area contributed by atoms with Crippen LogP contribution in [0.5, 0.6) is 0 Å². The van der Waals surface area contributed by atoms with E-state index in [1.54, 1.807) is 0 Å². The summed E-state index contributed by atoms with van der Waals surface area (Å²) in [5, 5.41) is 0. The van der Waals surface area contributed by atoms with Gasteiger partial charge in [-0.3, -0.25) is 4.79 Å². The largest absolute Gasteiger partial charge is 0.466 e. The highest BCUT2D eigenvalue weighted by Gasteiger charge is 2.01. The molecule has 2 heteroatoms. The summed E-state index contributed by atoms with van der Waals surface area (Å²) in [4.78, 5) is 11.4. The molecule has 0 fully saturated rings. The van der Waals surface area contributed by atoms with Crippen molar-refractivity contribution in [2.75, 3.05) is 6.61 Å². The minimum Gasteiger partial charge on any atom is -0.466 e. The second-order valence-electron chi connectivity index (χ2n) is 5.85. The minimum absolute atomic E-state index is 0.0133. The highest BCUT2D eigenvalue weighted by molar-refractivity contribution is 5.69. The zero-order chi connectivity index (χ0) is 15.6. The van der Waals surface area contributed by atoms with Crippen molar-refractivity contribution >= 4 is 5.97 Å². The van der Waals surface area contributed by atoms with Gasteiger partial charge in [-0.2, -0.15) is 0 Å². The summed E-state index contributed by atoms with van der Waals surface area (Å²) in [5.74, 6) is -0.0133. The fourth-order valence-electron chi connectivity index (χ4n) is 2.20. The number of rotatable bonds is 15. The van der Waals surface area contributed by atoms with Crippen molar-refractivity contribution in [2.45, 2.75) is 97.3 Å². The van der Waals surface area contributed by atoms with Crippen molar-refractivity contribution < 1.29 is 9.53 Å². The SMILES string of the molecule is CCCC/C=C/CCCCCCCCC(=O)OCCCC. The summed E-state index contributed by atoms with van der Waals surface area (Å²) in [7, 11) is 0. The van der Waals surface area contributed by atoms with Gasteiger partial charge in [0.15, 0.2) is 0 Å². The third kappa shape index (κ3) is 17.2. The van der Waals surface area contributed by atoms with E-state index in [1.165, 1.54) is 51.4 Å². The first-order chi connectivity index (χ1) is 10.3. The highest BCUT2D eigenvalue weighted by Crippen LogP contribution is 2.10. The van der Waals surface area contributed by atoms with Crippen LogP contribution in [-0.2, 0) is 9.53 Å². The molecule has 0 aromatic rings. The quantitative estimate of drug-likeness (QED) is 0.204. The number of hydrogen-bond donors (Lipinski definition) is 0. The van der Waals surface area contributed by atoms with Gasteiger partial charge in [-0.25, -0.2) is 0 Å². The fraction of sp³-hybridized carbons (Fsp3) is 0.842. The van der Waals surface area contributed by atoms with Gasteiger partial charge in [0.05, 0.1) is 6.61 Å². The molecule has 0 rings (SSSR count). The normalized spacial score (nSPS) is 11.1. The van der Waals surface area contributed by atoms with Crippen LogP contribution in [0.15, 0.2) is 12.2 Å². The lowest BCUT2D eigenvalue weighted by Gasteiger charge is -2.03. The van der Waals surface area contributed by atoms with Crippen LogP contribution in [0.1, 0.15) is 97.3 Å².